The van der Waals surface area contributed by atoms with Crippen LogP contribution >= 0.6 is 23.2 Å². The number of para-hydroxylation sites is 1. The van der Waals surface area contributed by atoms with Crippen molar-refractivity contribution in [2.75, 3.05) is 10.6 Å². The zero-order valence-electron chi connectivity index (χ0n) is 12.9. The minimum absolute atomic E-state index is 0.234. The summed E-state index contributed by atoms with van der Waals surface area (Å²) >= 11 is 11.9. The van der Waals surface area contributed by atoms with Crippen molar-refractivity contribution in [2.24, 2.45) is 0 Å². The Labute approximate surface area is 152 Å². The van der Waals surface area contributed by atoms with Crippen LogP contribution in [0.25, 0.3) is 0 Å². The predicted octanol–water partition coefficient (Wildman–Crippen LogP) is 5.86. The van der Waals surface area contributed by atoms with E-state index in [1.54, 1.807) is 31.2 Å². The number of nitrogens with one attached hydrogen (secondary N) is 2. The molecule has 0 bridgehead atoms. The SMILES string of the molecule is Cc1cc(Nc2c(F)cccc2F)nc(Nc2cc(Cl)cc(Cl)c2)n1. The average Bonchev–Trinajstić information content (AvgIpc) is 2.49. The van der Waals surface area contributed by atoms with Gasteiger partial charge in [0.2, 0.25) is 5.95 Å². The molecule has 0 saturated carbocycles. The van der Waals surface area contributed by atoms with Gasteiger partial charge in [0.1, 0.15) is 23.1 Å². The summed E-state index contributed by atoms with van der Waals surface area (Å²) in [7, 11) is 0. The normalized spacial score (nSPS) is 10.6. The molecule has 3 rings (SSSR count). The van der Waals surface area contributed by atoms with E-state index < -0.39 is 11.6 Å². The van der Waals surface area contributed by atoms with Gasteiger partial charge in [-0.05, 0) is 37.3 Å². The van der Waals surface area contributed by atoms with E-state index >= 15 is 0 Å². The van der Waals surface area contributed by atoms with Crippen LogP contribution in [0.3, 0.4) is 0 Å². The van der Waals surface area contributed by atoms with Crippen molar-refractivity contribution < 1.29 is 8.78 Å². The number of hydrogen-bond donors (Lipinski definition) is 2. The molecule has 2 aromatic carbocycles. The lowest BCUT2D eigenvalue weighted by molar-refractivity contribution is 0.590. The lowest BCUT2D eigenvalue weighted by Gasteiger charge is -2.11. The largest absolute Gasteiger partial charge is 0.335 e. The minimum Gasteiger partial charge on any atom is -0.335 e. The van der Waals surface area contributed by atoms with Crippen molar-refractivity contribution in [1.82, 2.24) is 9.97 Å². The Kier molecular flexibility index (Phi) is 5.01. The maximum absolute atomic E-state index is 13.8. The van der Waals surface area contributed by atoms with Crippen LogP contribution in [0.2, 0.25) is 10.0 Å². The Morgan fingerprint density at radius 1 is 0.880 bits per heavy atom. The van der Waals surface area contributed by atoms with E-state index in [1.807, 2.05) is 0 Å². The third-order valence-electron chi connectivity index (χ3n) is 3.19. The van der Waals surface area contributed by atoms with E-state index in [9.17, 15) is 8.78 Å². The van der Waals surface area contributed by atoms with Crippen LogP contribution in [0.15, 0.2) is 42.5 Å². The fourth-order valence-electron chi connectivity index (χ4n) is 2.19. The Hall–Kier alpha value is -2.44. The molecular formula is C17H12Cl2F2N4. The second-order valence-electron chi connectivity index (χ2n) is 5.22. The zero-order valence-corrected chi connectivity index (χ0v) is 14.5. The highest BCUT2D eigenvalue weighted by molar-refractivity contribution is 6.35. The van der Waals surface area contributed by atoms with Gasteiger partial charge in [-0.15, -0.1) is 0 Å². The highest BCUT2D eigenvalue weighted by Gasteiger charge is 2.11. The van der Waals surface area contributed by atoms with Crippen molar-refractivity contribution >= 4 is 46.3 Å². The van der Waals surface area contributed by atoms with Crippen molar-refractivity contribution in [3.05, 3.63) is 69.8 Å². The first-order chi connectivity index (χ1) is 11.9. The van der Waals surface area contributed by atoms with Gasteiger partial charge in [0.05, 0.1) is 0 Å². The van der Waals surface area contributed by atoms with E-state index in [-0.39, 0.29) is 17.5 Å². The summed E-state index contributed by atoms with van der Waals surface area (Å²) in [6.07, 6.45) is 0. The van der Waals surface area contributed by atoms with Gasteiger partial charge >= 0.3 is 0 Å². The molecule has 0 aliphatic carbocycles. The summed E-state index contributed by atoms with van der Waals surface area (Å²) in [5.74, 6) is -0.954. The predicted molar refractivity (Wildman–Crippen MR) is 96.2 cm³/mol. The molecule has 0 atom stereocenters. The summed E-state index contributed by atoms with van der Waals surface area (Å²) < 4.78 is 27.6. The molecule has 0 fully saturated rings. The van der Waals surface area contributed by atoms with E-state index in [4.69, 9.17) is 23.2 Å². The van der Waals surface area contributed by atoms with Gasteiger partial charge < -0.3 is 10.6 Å². The van der Waals surface area contributed by atoms with Gasteiger partial charge in [-0.3, -0.25) is 0 Å². The Morgan fingerprint density at radius 3 is 2.16 bits per heavy atom. The minimum atomic E-state index is -0.715. The van der Waals surface area contributed by atoms with Crippen LogP contribution in [0, 0.1) is 18.6 Å². The van der Waals surface area contributed by atoms with Crippen molar-refractivity contribution in [1.29, 1.82) is 0 Å². The van der Waals surface area contributed by atoms with E-state index in [1.165, 1.54) is 6.07 Å². The molecular weight excluding hydrogens is 369 g/mol. The number of halogens is 4. The molecule has 3 aromatic rings. The van der Waals surface area contributed by atoms with Gasteiger partial charge in [0.15, 0.2) is 0 Å². The lowest BCUT2D eigenvalue weighted by atomic mass is 10.3. The first-order valence-electron chi connectivity index (χ1n) is 7.20. The quantitative estimate of drug-likeness (QED) is 0.595. The van der Waals surface area contributed by atoms with Gasteiger partial charge in [0.25, 0.3) is 0 Å². The van der Waals surface area contributed by atoms with E-state index in [0.717, 1.165) is 12.1 Å². The summed E-state index contributed by atoms with van der Waals surface area (Å²) in [6, 6.07) is 10.1. The lowest BCUT2D eigenvalue weighted by Crippen LogP contribution is -2.04. The molecule has 1 aromatic heterocycles. The third-order valence-corrected chi connectivity index (χ3v) is 3.63. The van der Waals surface area contributed by atoms with E-state index in [0.29, 0.717) is 21.4 Å². The summed E-state index contributed by atoms with van der Waals surface area (Å²) in [4.78, 5) is 8.45. The number of aromatic nitrogens is 2. The van der Waals surface area contributed by atoms with Crippen molar-refractivity contribution in [3.8, 4) is 0 Å². The molecule has 8 heteroatoms. The molecule has 0 radical (unpaired) electrons. The number of benzene rings is 2. The van der Waals surface area contributed by atoms with Crippen LogP contribution in [0.1, 0.15) is 5.69 Å². The number of aryl methyl sites for hydroxylation is 1. The summed E-state index contributed by atoms with van der Waals surface area (Å²) in [5.41, 5.74) is 0.911. The van der Waals surface area contributed by atoms with Crippen molar-refractivity contribution in [2.45, 2.75) is 6.92 Å². The van der Waals surface area contributed by atoms with E-state index in [2.05, 4.69) is 20.6 Å². The molecule has 1 heterocycles. The van der Waals surface area contributed by atoms with Crippen LogP contribution in [-0.4, -0.2) is 9.97 Å². The maximum atomic E-state index is 13.8. The first kappa shape index (κ1) is 17.4. The van der Waals surface area contributed by atoms with Crippen LogP contribution in [0.5, 0.6) is 0 Å². The number of anilines is 4. The topological polar surface area (TPSA) is 49.8 Å². The second kappa shape index (κ2) is 7.21. The highest BCUT2D eigenvalue weighted by Crippen LogP contribution is 2.26. The molecule has 4 nitrogen and oxygen atoms in total. The second-order valence-corrected chi connectivity index (χ2v) is 6.10. The van der Waals surface area contributed by atoms with Gasteiger partial charge in [-0.2, -0.15) is 4.98 Å². The summed E-state index contributed by atoms with van der Waals surface area (Å²) in [5, 5.41) is 6.51. The van der Waals surface area contributed by atoms with Gasteiger partial charge in [0, 0.05) is 27.5 Å². The van der Waals surface area contributed by atoms with Crippen molar-refractivity contribution in [3.63, 3.8) is 0 Å². The fourth-order valence-corrected chi connectivity index (χ4v) is 2.71. The van der Waals surface area contributed by atoms with Crippen LogP contribution in [0.4, 0.5) is 31.9 Å². The number of rotatable bonds is 4. The Bertz CT molecular complexity index is 894. The monoisotopic (exact) mass is 380 g/mol. The zero-order chi connectivity index (χ0) is 18.0. The maximum Gasteiger partial charge on any atom is 0.229 e. The van der Waals surface area contributed by atoms with Gasteiger partial charge in [-0.1, -0.05) is 29.3 Å². The first-order valence-corrected chi connectivity index (χ1v) is 7.96. The van der Waals surface area contributed by atoms with Crippen LogP contribution < -0.4 is 10.6 Å². The Balaban J connectivity index is 1.90. The van der Waals surface area contributed by atoms with Gasteiger partial charge in [-0.25, -0.2) is 13.8 Å². The molecule has 0 amide bonds. The third kappa shape index (κ3) is 4.35. The fraction of sp³-hybridized carbons (Fsp3) is 0.0588. The molecule has 0 spiro atoms. The molecule has 0 saturated heterocycles. The molecule has 0 aliphatic rings. The molecule has 25 heavy (non-hydrogen) atoms. The molecule has 0 aliphatic heterocycles. The highest BCUT2D eigenvalue weighted by atomic mass is 35.5. The standard InChI is InChI=1S/C17H12Cl2F2N4/c1-9-5-15(24-16-13(20)3-2-4-14(16)21)25-17(22-9)23-12-7-10(18)6-11(19)8-12/h2-8H,1H3,(H2,22,23,24,25). The average molecular weight is 381 g/mol. The number of hydrogen-bond acceptors (Lipinski definition) is 4. The smallest absolute Gasteiger partial charge is 0.229 e. The molecule has 128 valence electrons. The number of nitrogens with zero attached hydrogens (tertiary/aromatic N) is 2. The molecule has 2 N–H and O–H groups in total. The molecule has 0 unspecified atom stereocenters. The van der Waals surface area contributed by atoms with Crippen LogP contribution in [-0.2, 0) is 0 Å². The Morgan fingerprint density at radius 2 is 1.52 bits per heavy atom. The summed E-state index contributed by atoms with van der Waals surface area (Å²) in [6.45, 7) is 1.74.